The van der Waals surface area contributed by atoms with Gasteiger partial charge in [-0.2, -0.15) is 0 Å². The predicted molar refractivity (Wildman–Crippen MR) is 94.6 cm³/mol. The normalized spacial score (nSPS) is 19.8. The van der Waals surface area contributed by atoms with Crippen LogP contribution in [0.25, 0.3) is 0 Å². The van der Waals surface area contributed by atoms with Gasteiger partial charge < -0.3 is 14.8 Å². The molecule has 2 fully saturated rings. The molecule has 1 N–H and O–H groups in total. The van der Waals surface area contributed by atoms with Gasteiger partial charge in [-0.3, -0.25) is 19.3 Å². The Labute approximate surface area is 151 Å². The minimum absolute atomic E-state index is 0.0911. The van der Waals surface area contributed by atoms with E-state index in [4.69, 9.17) is 0 Å². The summed E-state index contributed by atoms with van der Waals surface area (Å²) in [5.41, 5.74) is -1.21. The highest BCUT2D eigenvalue weighted by Crippen LogP contribution is 2.37. The van der Waals surface area contributed by atoms with Gasteiger partial charge in [0.1, 0.15) is 11.1 Å². The predicted octanol–water partition coefficient (Wildman–Crippen LogP) is 0.900. The van der Waals surface area contributed by atoms with Gasteiger partial charge in [-0.1, -0.05) is 13.8 Å². The molecule has 0 bridgehead atoms. The van der Waals surface area contributed by atoms with Crippen molar-refractivity contribution >= 4 is 17.8 Å². The molecule has 8 nitrogen and oxygen atoms in total. The summed E-state index contributed by atoms with van der Waals surface area (Å²) >= 11 is 0. The molecule has 1 aromatic heterocycles. The molecule has 0 atom stereocenters. The molecule has 1 aromatic rings. The summed E-state index contributed by atoms with van der Waals surface area (Å²) < 4.78 is 0. The van der Waals surface area contributed by atoms with E-state index in [1.54, 1.807) is 15.9 Å². The van der Waals surface area contributed by atoms with Crippen LogP contribution in [-0.4, -0.2) is 69.8 Å². The average molecular weight is 360 g/mol. The SMILES string of the molecule is CC(C)CN1C(=O)N(C)C(=O)C12CCN(C(=O)c1ccc[nH]c1=O)CC2. The molecular formula is C18H24N4O4. The van der Waals surface area contributed by atoms with Gasteiger partial charge >= 0.3 is 6.03 Å². The zero-order chi connectivity index (χ0) is 19.1. The summed E-state index contributed by atoms with van der Waals surface area (Å²) in [6, 6.07) is 2.83. The Kier molecular flexibility index (Phi) is 4.60. The van der Waals surface area contributed by atoms with Crippen LogP contribution in [0.1, 0.15) is 37.0 Å². The Morgan fingerprint density at radius 2 is 1.88 bits per heavy atom. The van der Waals surface area contributed by atoms with Crippen molar-refractivity contribution in [3.05, 3.63) is 34.2 Å². The maximum Gasteiger partial charge on any atom is 0.327 e. The van der Waals surface area contributed by atoms with Crippen molar-refractivity contribution in [3.8, 4) is 0 Å². The van der Waals surface area contributed by atoms with Crippen molar-refractivity contribution in [1.82, 2.24) is 19.7 Å². The largest absolute Gasteiger partial charge is 0.338 e. The number of piperidine rings is 1. The van der Waals surface area contributed by atoms with E-state index in [0.29, 0.717) is 32.5 Å². The fourth-order valence-corrected chi connectivity index (χ4v) is 3.82. The number of H-pyrrole nitrogens is 1. The number of urea groups is 1. The topological polar surface area (TPSA) is 93.8 Å². The Bertz CT molecular complexity index is 792. The molecule has 2 aliphatic heterocycles. The third-order valence-corrected chi connectivity index (χ3v) is 5.21. The molecule has 8 heteroatoms. The van der Waals surface area contributed by atoms with Crippen LogP contribution in [0.2, 0.25) is 0 Å². The van der Waals surface area contributed by atoms with E-state index in [0.717, 1.165) is 0 Å². The Morgan fingerprint density at radius 1 is 1.23 bits per heavy atom. The van der Waals surface area contributed by atoms with E-state index in [-0.39, 0.29) is 29.3 Å². The Morgan fingerprint density at radius 3 is 2.46 bits per heavy atom. The number of aromatic amines is 1. The molecule has 0 saturated carbocycles. The summed E-state index contributed by atoms with van der Waals surface area (Å²) in [5.74, 6) is -0.312. The van der Waals surface area contributed by atoms with E-state index in [1.165, 1.54) is 24.2 Å². The Balaban J connectivity index is 1.80. The molecule has 1 spiro atoms. The van der Waals surface area contributed by atoms with Crippen molar-refractivity contribution in [2.45, 2.75) is 32.2 Å². The number of imide groups is 1. The molecule has 140 valence electrons. The van der Waals surface area contributed by atoms with E-state index >= 15 is 0 Å². The first-order valence-electron chi connectivity index (χ1n) is 8.84. The molecule has 2 aliphatic rings. The lowest BCUT2D eigenvalue weighted by molar-refractivity contribution is -0.134. The zero-order valence-electron chi connectivity index (χ0n) is 15.3. The summed E-state index contributed by atoms with van der Waals surface area (Å²) in [4.78, 5) is 56.7. The zero-order valence-corrected chi connectivity index (χ0v) is 15.3. The first-order chi connectivity index (χ1) is 12.3. The molecule has 3 heterocycles. The molecule has 0 aromatic carbocycles. The third kappa shape index (κ3) is 2.79. The van der Waals surface area contributed by atoms with Gasteiger partial charge in [-0.15, -0.1) is 0 Å². The Hall–Kier alpha value is -2.64. The maximum atomic E-state index is 12.8. The first-order valence-corrected chi connectivity index (χ1v) is 8.84. The van der Waals surface area contributed by atoms with Crippen molar-refractivity contribution in [1.29, 1.82) is 0 Å². The molecule has 4 amide bonds. The number of carbonyl (C=O) groups excluding carboxylic acids is 3. The highest BCUT2D eigenvalue weighted by molar-refractivity contribution is 6.07. The second-order valence-electron chi connectivity index (χ2n) is 7.39. The first kappa shape index (κ1) is 18.2. The number of amides is 4. The fourth-order valence-electron chi connectivity index (χ4n) is 3.82. The van der Waals surface area contributed by atoms with Crippen molar-refractivity contribution in [2.75, 3.05) is 26.7 Å². The van der Waals surface area contributed by atoms with Crippen molar-refractivity contribution in [3.63, 3.8) is 0 Å². The van der Waals surface area contributed by atoms with Gasteiger partial charge in [0.15, 0.2) is 0 Å². The lowest BCUT2D eigenvalue weighted by atomic mass is 9.85. The van der Waals surface area contributed by atoms with E-state index < -0.39 is 11.1 Å². The quantitative estimate of drug-likeness (QED) is 0.811. The van der Waals surface area contributed by atoms with Gasteiger partial charge in [0.25, 0.3) is 17.4 Å². The van der Waals surface area contributed by atoms with Crippen LogP contribution >= 0.6 is 0 Å². The molecular weight excluding hydrogens is 336 g/mol. The van der Waals surface area contributed by atoms with Gasteiger partial charge in [-0.05, 0) is 30.9 Å². The average Bonchev–Trinajstić information content (AvgIpc) is 2.78. The van der Waals surface area contributed by atoms with Crippen LogP contribution in [0.15, 0.2) is 23.1 Å². The number of hydrogen-bond acceptors (Lipinski definition) is 4. The van der Waals surface area contributed by atoms with Crippen molar-refractivity contribution in [2.24, 2.45) is 5.92 Å². The molecule has 0 unspecified atom stereocenters. The number of hydrogen-bond donors (Lipinski definition) is 1. The number of pyridine rings is 1. The van der Waals surface area contributed by atoms with Gasteiger partial charge in [-0.25, -0.2) is 4.79 Å². The second kappa shape index (κ2) is 6.59. The van der Waals surface area contributed by atoms with Gasteiger partial charge in [0.05, 0.1) is 0 Å². The molecule has 0 aliphatic carbocycles. The van der Waals surface area contributed by atoms with E-state index in [1.807, 2.05) is 13.8 Å². The van der Waals surface area contributed by atoms with Gasteiger partial charge in [0, 0.05) is 32.9 Å². The molecule has 2 saturated heterocycles. The summed E-state index contributed by atoms with van der Waals surface area (Å²) in [7, 11) is 1.51. The number of likely N-dealkylation sites (N-methyl/N-ethyl adjacent to an activating group) is 1. The van der Waals surface area contributed by atoms with Crippen LogP contribution in [-0.2, 0) is 4.79 Å². The summed E-state index contributed by atoms with van der Waals surface area (Å²) in [5, 5.41) is 0. The molecule has 26 heavy (non-hydrogen) atoms. The number of likely N-dealkylation sites (tertiary alicyclic amines) is 1. The van der Waals surface area contributed by atoms with Crippen LogP contribution in [0.5, 0.6) is 0 Å². The van der Waals surface area contributed by atoms with Crippen LogP contribution < -0.4 is 5.56 Å². The monoisotopic (exact) mass is 360 g/mol. The minimum atomic E-state index is -0.879. The fraction of sp³-hybridized carbons (Fsp3) is 0.556. The third-order valence-electron chi connectivity index (χ3n) is 5.21. The van der Waals surface area contributed by atoms with E-state index in [2.05, 4.69) is 4.98 Å². The standard InChI is InChI=1S/C18H24N4O4/c1-12(2)11-22-17(26)20(3)16(25)18(22)6-9-21(10-7-18)15(24)13-5-4-8-19-14(13)23/h4-5,8,12H,6-7,9-11H2,1-3H3,(H,19,23). The van der Waals surface area contributed by atoms with Crippen molar-refractivity contribution < 1.29 is 14.4 Å². The number of nitrogens with zero attached hydrogens (tertiary/aromatic N) is 3. The van der Waals surface area contributed by atoms with Crippen LogP contribution in [0.4, 0.5) is 4.79 Å². The lowest BCUT2D eigenvalue weighted by Crippen LogP contribution is -2.58. The number of rotatable bonds is 3. The van der Waals surface area contributed by atoms with E-state index in [9.17, 15) is 19.2 Å². The van der Waals surface area contributed by atoms with Crippen LogP contribution in [0, 0.1) is 5.92 Å². The molecule has 3 rings (SSSR count). The van der Waals surface area contributed by atoms with Crippen LogP contribution in [0.3, 0.4) is 0 Å². The smallest absolute Gasteiger partial charge is 0.327 e. The maximum absolute atomic E-state index is 12.8. The highest BCUT2D eigenvalue weighted by Gasteiger charge is 2.57. The van der Waals surface area contributed by atoms with Gasteiger partial charge in [0.2, 0.25) is 0 Å². The molecule has 0 radical (unpaired) electrons. The minimum Gasteiger partial charge on any atom is -0.338 e. The highest BCUT2D eigenvalue weighted by atomic mass is 16.2. The number of nitrogens with one attached hydrogen (secondary N) is 1. The number of aromatic nitrogens is 1. The lowest BCUT2D eigenvalue weighted by Gasteiger charge is -2.42. The summed E-state index contributed by atoms with van der Waals surface area (Å²) in [6.07, 6.45) is 2.24. The number of carbonyl (C=O) groups is 3. The summed E-state index contributed by atoms with van der Waals surface area (Å²) in [6.45, 7) is 5.17. The second-order valence-corrected chi connectivity index (χ2v) is 7.39.